The van der Waals surface area contributed by atoms with Gasteiger partial charge in [0.25, 0.3) is 5.91 Å². The number of esters is 1. The lowest BCUT2D eigenvalue weighted by molar-refractivity contribution is -0.119. The molecule has 1 aromatic heterocycles. The van der Waals surface area contributed by atoms with Crippen molar-refractivity contribution in [1.82, 2.24) is 10.2 Å². The standard InChI is InChI=1S/C20H19N3O6/c1-3-27-16-11-14(9-10-15(16)26-2)19(25)28-12-17(24)21-20-23-22-18(29-20)13-7-5-4-6-8-13/h4-11H,3,12H2,1-2H3,(H,21,23,24). The number of benzene rings is 2. The molecule has 0 aliphatic rings. The molecule has 0 saturated heterocycles. The summed E-state index contributed by atoms with van der Waals surface area (Å²) in [6.07, 6.45) is 0. The van der Waals surface area contributed by atoms with Gasteiger partial charge in [0.15, 0.2) is 18.1 Å². The van der Waals surface area contributed by atoms with Gasteiger partial charge in [0.05, 0.1) is 19.3 Å². The molecule has 9 nitrogen and oxygen atoms in total. The van der Waals surface area contributed by atoms with Crippen LogP contribution in [0.3, 0.4) is 0 Å². The van der Waals surface area contributed by atoms with Crippen molar-refractivity contribution in [3.63, 3.8) is 0 Å². The summed E-state index contributed by atoms with van der Waals surface area (Å²) in [6.45, 7) is 1.71. The van der Waals surface area contributed by atoms with E-state index in [1.807, 2.05) is 25.1 Å². The quantitative estimate of drug-likeness (QED) is 0.577. The fraction of sp³-hybridized carbons (Fsp3) is 0.200. The molecule has 150 valence electrons. The number of rotatable bonds is 8. The molecule has 3 rings (SSSR count). The fourth-order valence-corrected chi connectivity index (χ4v) is 2.41. The van der Waals surface area contributed by atoms with Gasteiger partial charge in [-0.2, -0.15) is 0 Å². The van der Waals surface area contributed by atoms with Gasteiger partial charge in [0.2, 0.25) is 5.89 Å². The number of methoxy groups -OCH3 is 1. The molecule has 0 aliphatic carbocycles. The molecule has 0 aliphatic heterocycles. The highest BCUT2D eigenvalue weighted by molar-refractivity contribution is 5.94. The van der Waals surface area contributed by atoms with Crippen molar-refractivity contribution in [1.29, 1.82) is 0 Å². The van der Waals surface area contributed by atoms with Gasteiger partial charge in [0, 0.05) is 5.56 Å². The first-order valence-electron chi connectivity index (χ1n) is 8.77. The zero-order valence-electron chi connectivity index (χ0n) is 15.9. The molecule has 3 aromatic rings. The summed E-state index contributed by atoms with van der Waals surface area (Å²) in [6, 6.07) is 13.6. The maximum atomic E-state index is 12.2. The summed E-state index contributed by atoms with van der Waals surface area (Å²) < 4.78 is 21.0. The van der Waals surface area contributed by atoms with Gasteiger partial charge in [-0.15, -0.1) is 5.10 Å². The number of hydrogen-bond donors (Lipinski definition) is 1. The molecule has 0 atom stereocenters. The maximum absolute atomic E-state index is 12.2. The predicted octanol–water partition coefficient (Wildman–Crippen LogP) is 2.94. The van der Waals surface area contributed by atoms with E-state index in [9.17, 15) is 9.59 Å². The highest BCUT2D eigenvalue weighted by Gasteiger charge is 2.16. The number of carbonyl (C=O) groups excluding carboxylic acids is 2. The van der Waals surface area contributed by atoms with E-state index in [1.165, 1.54) is 19.2 Å². The molecule has 0 saturated carbocycles. The van der Waals surface area contributed by atoms with Crippen LogP contribution in [0.5, 0.6) is 11.5 Å². The zero-order chi connectivity index (χ0) is 20.6. The summed E-state index contributed by atoms with van der Waals surface area (Å²) >= 11 is 0. The minimum Gasteiger partial charge on any atom is -0.493 e. The molecular formula is C20H19N3O6. The number of hydrogen-bond acceptors (Lipinski definition) is 8. The Morgan fingerprint density at radius 3 is 2.59 bits per heavy atom. The molecule has 0 bridgehead atoms. The van der Waals surface area contributed by atoms with Crippen LogP contribution in [-0.2, 0) is 9.53 Å². The average Bonchev–Trinajstić information content (AvgIpc) is 3.21. The molecule has 1 amide bonds. The van der Waals surface area contributed by atoms with Crippen LogP contribution < -0.4 is 14.8 Å². The Hall–Kier alpha value is -3.88. The third-order valence-corrected chi connectivity index (χ3v) is 3.73. The smallest absolute Gasteiger partial charge is 0.338 e. The number of ether oxygens (including phenoxy) is 3. The highest BCUT2D eigenvalue weighted by atomic mass is 16.5. The molecule has 1 N–H and O–H groups in total. The van der Waals surface area contributed by atoms with Gasteiger partial charge in [-0.25, -0.2) is 4.79 Å². The molecule has 0 unspecified atom stereocenters. The van der Waals surface area contributed by atoms with Crippen molar-refractivity contribution in [3.05, 3.63) is 54.1 Å². The second kappa shape index (κ2) is 9.36. The third-order valence-electron chi connectivity index (χ3n) is 3.73. The SMILES string of the molecule is CCOc1cc(C(=O)OCC(=O)Nc2nnc(-c3ccccc3)o2)ccc1OC. The van der Waals surface area contributed by atoms with Gasteiger partial charge in [0.1, 0.15) is 0 Å². The second-order valence-electron chi connectivity index (χ2n) is 5.70. The number of aromatic nitrogens is 2. The molecule has 1 heterocycles. The van der Waals surface area contributed by atoms with Crippen molar-refractivity contribution >= 4 is 17.9 Å². The molecule has 29 heavy (non-hydrogen) atoms. The molecule has 0 radical (unpaired) electrons. The largest absolute Gasteiger partial charge is 0.493 e. The van der Waals surface area contributed by atoms with E-state index in [-0.39, 0.29) is 17.5 Å². The number of amides is 1. The monoisotopic (exact) mass is 397 g/mol. The van der Waals surface area contributed by atoms with Gasteiger partial charge >= 0.3 is 12.0 Å². The molecule has 0 fully saturated rings. The minimum atomic E-state index is -0.681. The average molecular weight is 397 g/mol. The Morgan fingerprint density at radius 2 is 1.86 bits per heavy atom. The van der Waals surface area contributed by atoms with E-state index >= 15 is 0 Å². The van der Waals surface area contributed by atoms with Crippen molar-refractivity contribution in [2.24, 2.45) is 0 Å². The Balaban J connectivity index is 1.56. The van der Waals surface area contributed by atoms with Gasteiger partial charge in [-0.05, 0) is 37.3 Å². The molecular weight excluding hydrogens is 378 g/mol. The van der Waals surface area contributed by atoms with Crippen LogP contribution in [0.25, 0.3) is 11.5 Å². The summed E-state index contributed by atoms with van der Waals surface area (Å²) in [5.41, 5.74) is 0.947. The van der Waals surface area contributed by atoms with Gasteiger partial charge < -0.3 is 18.6 Å². The summed E-state index contributed by atoms with van der Waals surface area (Å²) in [5.74, 6) is -0.126. The third kappa shape index (κ3) is 5.10. The molecule has 9 heteroatoms. The van der Waals surface area contributed by atoms with Gasteiger partial charge in [-0.3, -0.25) is 10.1 Å². The number of carbonyl (C=O) groups is 2. The zero-order valence-corrected chi connectivity index (χ0v) is 15.9. The van der Waals surface area contributed by atoms with E-state index in [0.29, 0.717) is 18.1 Å². The van der Waals surface area contributed by atoms with E-state index in [1.54, 1.807) is 18.2 Å². The van der Waals surface area contributed by atoms with Crippen LogP contribution in [-0.4, -0.2) is 42.4 Å². The number of anilines is 1. The minimum absolute atomic E-state index is 0.0898. The predicted molar refractivity (Wildman–Crippen MR) is 103 cm³/mol. The van der Waals surface area contributed by atoms with Gasteiger partial charge in [-0.1, -0.05) is 23.3 Å². The number of nitrogens with zero attached hydrogens (tertiary/aromatic N) is 2. The van der Waals surface area contributed by atoms with Crippen molar-refractivity contribution < 1.29 is 28.2 Å². The van der Waals surface area contributed by atoms with E-state index in [0.717, 1.165) is 5.56 Å². The van der Waals surface area contributed by atoms with E-state index in [2.05, 4.69) is 15.5 Å². The van der Waals surface area contributed by atoms with Crippen molar-refractivity contribution in [3.8, 4) is 23.0 Å². The summed E-state index contributed by atoms with van der Waals surface area (Å²) in [5, 5.41) is 10.00. The lowest BCUT2D eigenvalue weighted by Gasteiger charge is -2.10. The molecule has 2 aromatic carbocycles. The maximum Gasteiger partial charge on any atom is 0.338 e. The molecule has 0 spiro atoms. The number of nitrogens with one attached hydrogen (secondary N) is 1. The first kappa shape index (κ1) is 19.9. The van der Waals surface area contributed by atoms with Crippen LogP contribution in [0, 0.1) is 0 Å². The van der Waals surface area contributed by atoms with Crippen LogP contribution in [0.15, 0.2) is 52.9 Å². The van der Waals surface area contributed by atoms with Crippen LogP contribution in [0.1, 0.15) is 17.3 Å². The lowest BCUT2D eigenvalue weighted by atomic mass is 10.2. The van der Waals surface area contributed by atoms with Crippen molar-refractivity contribution in [2.45, 2.75) is 6.92 Å². The van der Waals surface area contributed by atoms with Crippen LogP contribution in [0.4, 0.5) is 6.01 Å². The summed E-state index contributed by atoms with van der Waals surface area (Å²) in [4.78, 5) is 24.2. The Kier molecular flexibility index (Phi) is 6.41. The summed E-state index contributed by atoms with van der Waals surface area (Å²) in [7, 11) is 1.50. The Morgan fingerprint density at radius 1 is 1.07 bits per heavy atom. The normalized spacial score (nSPS) is 10.3. The van der Waals surface area contributed by atoms with Crippen LogP contribution in [0.2, 0.25) is 0 Å². The first-order chi connectivity index (χ1) is 14.1. The Labute approximate surface area is 166 Å². The fourth-order valence-electron chi connectivity index (χ4n) is 2.41. The first-order valence-corrected chi connectivity index (χ1v) is 8.77. The lowest BCUT2D eigenvalue weighted by Crippen LogP contribution is -2.21. The van der Waals surface area contributed by atoms with E-state index in [4.69, 9.17) is 18.6 Å². The topological polar surface area (TPSA) is 113 Å². The highest BCUT2D eigenvalue weighted by Crippen LogP contribution is 2.28. The van der Waals surface area contributed by atoms with E-state index < -0.39 is 18.5 Å². The van der Waals surface area contributed by atoms with Crippen molar-refractivity contribution in [2.75, 3.05) is 25.6 Å². The Bertz CT molecular complexity index is 987. The van der Waals surface area contributed by atoms with Crippen LogP contribution >= 0.6 is 0 Å². The second-order valence-corrected chi connectivity index (χ2v) is 5.70.